The molecule has 7 heteroatoms. The van der Waals surface area contributed by atoms with Crippen molar-refractivity contribution in [2.45, 2.75) is 37.6 Å². The van der Waals surface area contributed by atoms with Crippen LogP contribution in [0.2, 0.25) is 0 Å². The number of benzene rings is 1. The first kappa shape index (κ1) is 17.1. The van der Waals surface area contributed by atoms with Crippen molar-refractivity contribution in [3.05, 3.63) is 18.2 Å². The lowest BCUT2D eigenvalue weighted by atomic mass is 10.1. The maximum absolute atomic E-state index is 12.5. The van der Waals surface area contributed by atoms with Crippen molar-refractivity contribution in [1.82, 2.24) is 10.0 Å². The van der Waals surface area contributed by atoms with Crippen LogP contribution in [0.3, 0.4) is 0 Å². The van der Waals surface area contributed by atoms with E-state index in [1.54, 1.807) is 12.1 Å². The number of rotatable bonds is 7. The average Bonchev–Trinajstić information content (AvgIpc) is 2.50. The molecule has 2 N–H and O–H groups in total. The quantitative estimate of drug-likeness (QED) is 0.793. The SMILES string of the molecule is CCOc1ccc(S(=O)(=O)N[C@@H]2CCCNC2)cc1OCC. The standard InChI is InChI=1S/C15H24N2O4S/c1-3-20-14-8-7-13(10-15(14)21-4-2)22(18,19)17-12-6-5-9-16-11-12/h7-8,10,12,16-17H,3-6,9,11H2,1-2H3/t12-/m1/s1. The van der Waals surface area contributed by atoms with Crippen molar-refractivity contribution in [3.63, 3.8) is 0 Å². The van der Waals surface area contributed by atoms with Crippen molar-refractivity contribution >= 4 is 10.0 Å². The summed E-state index contributed by atoms with van der Waals surface area (Å²) in [6.45, 7) is 6.27. The van der Waals surface area contributed by atoms with Crippen LogP contribution in [-0.2, 0) is 10.0 Å². The zero-order valence-electron chi connectivity index (χ0n) is 13.1. The Morgan fingerprint density at radius 1 is 1.23 bits per heavy atom. The smallest absolute Gasteiger partial charge is 0.241 e. The van der Waals surface area contributed by atoms with Crippen LogP contribution in [0.25, 0.3) is 0 Å². The summed E-state index contributed by atoms with van der Waals surface area (Å²) in [5.41, 5.74) is 0. The summed E-state index contributed by atoms with van der Waals surface area (Å²) in [6.07, 6.45) is 1.82. The fourth-order valence-corrected chi connectivity index (χ4v) is 3.72. The Bertz CT molecular complexity index is 583. The highest BCUT2D eigenvalue weighted by molar-refractivity contribution is 7.89. The Morgan fingerprint density at radius 3 is 2.59 bits per heavy atom. The van der Waals surface area contributed by atoms with Crippen molar-refractivity contribution < 1.29 is 17.9 Å². The average molecular weight is 328 g/mol. The molecule has 1 aliphatic rings. The second-order valence-corrected chi connectivity index (χ2v) is 6.85. The van der Waals surface area contributed by atoms with Crippen LogP contribution in [0.1, 0.15) is 26.7 Å². The van der Waals surface area contributed by atoms with Gasteiger partial charge in [-0.05, 0) is 45.4 Å². The maximum atomic E-state index is 12.5. The molecule has 1 aromatic carbocycles. The number of hydrogen-bond acceptors (Lipinski definition) is 5. The summed E-state index contributed by atoms with van der Waals surface area (Å²) in [7, 11) is -3.56. The highest BCUT2D eigenvalue weighted by atomic mass is 32.2. The van der Waals surface area contributed by atoms with E-state index in [1.165, 1.54) is 6.07 Å². The summed E-state index contributed by atoms with van der Waals surface area (Å²) in [4.78, 5) is 0.199. The van der Waals surface area contributed by atoms with Crippen LogP contribution < -0.4 is 19.5 Å². The largest absolute Gasteiger partial charge is 0.490 e. The molecule has 0 spiro atoms. The van der Waals surface area contributed by atoms with Crippen molar-refractivity contribution in [3.8, 4) is 11.5 Å². The first-order chi connectivity index (χ1) is 10.6. The van der Waals surface area contributed by atoms with Crippen LogP contribution in [-0.4, -0.2) is 40.8 Å². The zero-order valence-corrected chi connectivity index (χ0v) is 13.9. The molecule has 1 aromatic rings. The Kier molecular flexibility index (Phi) is 6.05. The molecule has 124 valence electrons. The van der Waals surface area contributed by atoms with E-state index in [9.17, 15) is 8.42 Å². The molecule has 0 saturated carbocycles. The van der Waals surface area contributed by atoms with Gasteiger partial charge >= 0.3 is 0 Å². The topological polar surface area (TPSA) is 76.7 Å². The van der Waals surface area contributed by atoms with Crippen LogP contribution in [0.15, 0.2) is 23.1 Å². The second-order valence-electron chi connectivity index (χ2n) is 5.14. The van der Waals surface area contributed by atoms with E-state index in [-0.39, 0.29) is 10.9 Å². The molecular weight excluding hydrogens is 304 g/mol. The minimum absolute atomic E-state index is 0.0686. The Morgan fingerprint density at radius 2 is 1.95 bits per heavy atom. The van der Waals surface area contributed by atoms with Crippen LogP contribution in [0.4, 0.5) is 0 Å². The molecule has 1 aliphatic heterocycles. The number of nitrogens with one attached hydrogen (secondary N) is 2. The first-order valence-electron chi connectivity index (χ1n) is 7.69. The molecule has 0 unspecified atom stereocenters. The van der Waals surface area contributed by atoms with Gasteiger partial charge < -0.3 is 14.8 Å². The van der Waals surface area contributed by atoms with E-state index in [1.807, 2.05) is 13.8 Å². The summed E-state index contributed by atoms with van der Waals surface area (Å²) < 4.78 is 38.7. The summed E-state index contributed by atoms with van der Waals surface area (Å²) in [5, 5.41) is 3.19. The van der Waals surface area contributed by atoms with Gasteiger partial charge in [-0.1, -0.05) is 0 Å². The van der Waals surface area contributed by atoms with E-state index >= 15 is 0 Å². The van der Waals surface area contributed by atoms with Crippen LogP contribution in [0, 0.1) is 0 Å². The number of hydrogen-bond donors (Lipinski definition) is 2. The molecular formula is C15H24N2O4S. The highest BCUT2D eigenvalue weighted by Crippen LogP contribution is 2.30. The molecule has 1 atom stereocenters. The fraction of sp³-hybridized carbons (Fsp3) is 0.600. The minimum Gasteiger partial charge on any atom is -0.490 e. The fourth-order valence-electron chi connectivity index (χ4n) is 2.44. The molecule has 0 aromatic heterocycles. The minimum atomic E-state index is -3.56. The summed E-state index contributed by atoms with van der Waals surface area (Å²) in [6, 6.07) is 4.64. The molecule has 6 nitrogen and oxygen atoms in total. The second kappa shape index (κ2) is 7.80. The van der Waals surface area contributed by atoms with E-state index < -0.39 is 10.0 Å². The summed E-state index contributed by atoms with van der Waals surface area (Å²) >= 11 is 0. The van der Waals surface area contributed by atoms with E-state index in [0.29, 0.717) is 31.3 Å². The molecule has 0 radical (unpaired) electrons. The molecule has 1 heterocycles. The predicted molar refractivity (Wildman–Crippen MR) is 85.0 cm³/mol. The van der Waals surface area contributed by atoms with Crippen molar-refractivity contribution in [2.24, 2.45) is 0 Å². The Labute approximate surface area is 132 Å². The van der Waals surface area contributed by atoms with E-state index in [2.05, 4.69) is 10.0 Å². The van der Waals surface area contributed by atoms with Gasteiger partial charge in [0.15, 0.2) is 11.5 Å². The number of ether oxygens (including phenoxy) is 2. The first-order valence-corrected chi connectivity index (χ1v) is 9.17. The van der Waals surface area contributed by atoms with E-state index in [4.69, 9.17) is 9.47 Å². The van der Waals surface area contributed by atoms with Gasteiger partial charge in [0, 0.05) is 18.7 Å². The van der Waals surface area contributed by atoms with Crippen LogP contribution >= 0.6 is 0 Å². The highest BCUT2D eigenvalue weighted by Gasteiger charge is 2.23. The van der Waals surface area contributed by atoms with Gasteiger partial charge in [-0.25, -0.2) is 13.1 Å². The third-order valence-corrected chi connectivity index (χ3v) is 4.96. The molecule has 0 bridgehead atoms. The molecule has 0 aliphatic carbocycles. The molecule has 1 saturated heterocycles. The van der Waals surface area contributed by atoms with Gasteiger partial charge in [0.05, 0.1) is 18.1 Å². The predicted octanol–water partition coefficient (Wildman–Crippen LogP) is 1.51. The molecule has 1 fully saturated rings. The zero-order chi connectivity index (χ0) is 16.0. The monoisotopic (exact) mass is 328 g/mol. The third kappa shape index (κ3) is 4.34. The van der Waals surface area contributed by atoms with Gasteiger partial charge in [-0.2, -0.15) is 0 Å². The van der Waals surface area contributed by atoms with Gasteiger partial charge in [0.2, 0.25) is 10.0 Å². The van der Waals surface area contributed by atoms with Gasteiger partial charge in [0.25, 0.3) is 0 Å². The Balaban J connectivity index is 2.20. The number of sulfonamides is 1. The van der Waals surface area contributed by atoms with Gasteiger partial charge in [0.1, 0.15) is 0 Å². The third-order valence-electron chi connectivity index (χ3n) is 3.44. The van der Waals surface area contributed by atoms with Crippen molar-refractivity contribution in [1.29, 1.82) is 0 Å². The van der Waals surface area contributed by atoms with E-state index in [0.717, 1.165) is 19.4 Å². The van der Waals surface area contributed by atoms with Gasteiger partial charge in [-0.3, -0.25) is 0 Å². The lowest BCUT2D eigenvalue weighted by Crippen LogP contribution is -2.45. The van der Waals surface area contributed by atoms with Crippen molar-refractivity contribution in [2.75, 3.05) is 26.3 Å². The molecule has 0 amide bonds. The lowest BCUT2D eigenvalue weighted by Gasteiger charge is -2.23. The lowest BCUT2D eigenvalue weighted by molar-refractivity contribution is 0.287. The van der Waals surface area contributed by atoms with Gasteiger partial charge in [-0.15, -0.1) is 0 Å². The normalized spacial score (nSPS) is 18.9. The Hall–Kier alpha value is -1.31. The van der Waals surface area contributed by atoms with Crippen LogP contribution in [0.5, 0.6) is 11.5 Å². The number of piperidine rings is 1. The molecule has 22 heavy (non-hydrogen) atoms. The molecule has 2 rings (SSSR count). The maximum Gasteiger partial charge on any atom is 0.241 e. The summed E-state index contributed by atoms with van der Waals surface area (Å²) in [5.74, 6) is 1.01.